The van der Waals surface area contributed by atoms with Crippen molar-refractivity contribution in [2.75, 3.05) is 27.2 Å². The topological polar surface area (TPSA) is 37.3 Å². The van der Waals surface area contributed by atoms with Crippen LogP contribution >= 0.6 is 43.2 Å². The van der Waals surface area contributed by atoms with E-state index in [9.17, 15) is 4.79 Å². The lowest BCUT2D eigenvalue weighted by Gasteiger charge is -2.13. The molecule has 2 aromatic heterocycles. The van der Waals surface area contributed by atoms with Gasteiger partial charge in [-0.2, -0.15) is 0 Å². The van der Waals surface area contributed by atoms with Crippen LogP contribution in [0.1, 0.15) is 16.1 Å². The standard InChI is InChI=1S/C18H19Br2N3OS/c1-22(2)8-7-21-18(24)15-9-16-17(14(20)11-25-16)23(15)10-12-3-5-13(19)6-4-12/h3-6,9,11H,7-8,10H2,1-2H3,(H,21,24). The number of hydrogen-bond acceptors (Lipinski definition) is 3. The zero-order chi connectivity index (χ0) is 18.0. The molecule has 0 aliphatic heterocycles. The number of hydrogen-bond donors (Lipinski definition) is 1. The molecule has 0 saturated carbocycles. The summed E-state index contributed by atoms with van der Waals surface area (Å²) in [5, 5.41) is 5.08. The Labute approximate surface area is 168 Å². The molecule has 0 unspecified atom stereocenters. The smallest absolute Gasteiger partial charge is 0.268 e. The van der Waals surface area contributed by atoms with Crippen molar-refractivity contribution < 1.29 is 4.79 Å². The first-order valence-electron chi connectivity index (χ1n) is 7.89. The van der Waals surface area contributed by atoms with Gasteiger partial charge in [0.05, 0.1) is 14.7 Å². The number of thiophene rings is 1. The van der Waals surface area contributed by atoms with Crippen LogP contribution in [-0.4, -0.2) is 42.6 Å². The molecule has 4 nitrogen and oxygen atoms in total. The third-order valence-electron chi connectivity index (χ3n) is 3.91. The van der Waals surface area contributed by atoms with Gasteiger partial charge in [-0.15, -0.1) is 11.3 Å². The van der Waals surface area contributed by atoms with Crippen LogP contribution in [0.5, 0.6) is 0 Å². The van der Waals surface area contributed by atoms with E-state index in [1.807, 2.05) is 32.3 Å². The summed E-state index contributed by atoms with van der Waals surface area (Å²) in [4.78, 5) is 14.8. The Morgan fingerprint density at radius 3 is 2.64 bits per heavy atom. The van der Waals surface area contributed by atoms with Gasteiger partial charge < -0.3 is 14.8 Å². The number of aromatic nitrogens is 1. The van der Waals surface area contributed by atoms with E-state index < -0.39 is 0 Å². The number of nitrogens with one attached hydrogen (secondary N) is 1. The fourth-order valence-corrected chi connectivity index (χ4v) is 4.60. The molecule has 25 heavy (non-hydrogen) atoms. The maximum Gasteiger partial charge on any atom is 0.268 e. The Hall–Kier alpha value is -1.15. The average molecular weight is 485 g/mol. The van der Waals surface area contributed by atoms with E-state index in [0.717, 1.165) is 31.3 Å². The van der Waals surface area contributed by atoms with Crippen LogP contribution in [0.3, 0.4) is 0 Å². The summed E-state index contributed by atoms with van der Waals surface area (Å²) in [6.45, 7) is 2.10. The Kier molecular flexibility index (Phi) is 5.99. The van der Waals surface area contributed by atoms with E-state index in [0.29, 0.717) is 18.8 Å². The molecular formula is C18H19Br2N3OS. The number of carbonyl (C=O) groups is 1. The lowest BCUT2D eigenvalue weighted by molar-refractivity contribution is 0.0942. The lowest BCUT2D eigenvalue weighted by atomic mass is 10.2. The van der Waals surface area contributed by atoms with E-state index in [2.05, 4.69) is 64.2 Å². The fraction of sp³-hybridized carbons (Fsp3) is 0.278. The van der Waals surface area contributed by atoms with Crippen molar-refractivity contribution >= 4 is 59.3 Å². The molecule has 3 aromatic rings. The Balaban J connectivity index is 1.92. The summed E-state index contributed by atoms with van der Waals surface area (Å²) in [6.07, 6.45) is 0. The summed E-state index contributed by atoms with van der Waals surface area (Å²) >= 11 is 8.73. The summed E-state index contributed by atoms with van der Waals surface area (Å²) < 4.78 is 5.27. The SMILES string of the molecule is CN(C)CCNC(=O)c1cc2scc(Br)c2n1Cc1ccc(Br)cc1. The van der Waals surface area contributed by atoms with Crippen LogP contribution in [0.25, 0.3) is 10.2 Å². The Morgan fingerprint density at radius 2 is 1.96 bits per heavy atom. The molecule has 2 heterocycles. The molecule has 0 aliphatic rings. The molecule has 1 aromatic carbocycles. The lowest BCUT2D eigenvalue weighted by Crippen LogP contribution is -2.32. The van der Waals surface area contributed by atoms with Crippen molar-refractivity contribution in [3.8, 4) is 0 Å². The normalized spacial score (nSPS) is 11.4. The van der Waals surface area contributed by atoms with E-state index in [4.69, 9.17) is 0 Å². The van der Waals surface area contributed by atoms with Gasteiger partial charge in [-0.3, -0.25) is 4.79 Å². The minimum Gasteiger partial charge on any atom is -0.349 e. The van der Waals surface area contributed by atoms with E-state index >= 15 is 0 Å². The van der Waals surface area contributed by atoms with Crippen molar-refractivity contribution in [2.24, 2.45) is 0 Å². The summed E-state index contributed by atoms with van der Waals surface area (Å²) in [5.41, 5.74) is 2.93. The predicted octanol–water partition coefficient (Wildman–Crippen LogP) is 4.57. The average Bonchev–Trinajstić information content (AvgIpc) is 3.10. The third-order valence-corrected chi connectivity index (χ3v) is 6.26. The van der Waals surface area contributed by atoms with Crippen molar-refractivity contribution in [3.05, 3.63) is 55.9 Å². The van der Waals surface area contributed by atoms with Gasteiger partial charge in [0.1, 0.15) is 5.69 Å². The monoisotopic (exact) mass is 483 g/mol. The summed E-state index contributed by atoms with van der Waals surface area (Å²) in [5.74, 6) is -0.0331. The first-order chi connectivity index (χ1) is 12.0. The number of fused-ring (bicyclic) bond motifs is 1. The Morgan fingerprint density at radius 1 is 1.24 bits per heavy atom. The summed E-state index contributed by atoms with van der Waals surface area (Å²) in [7, 11) is 3.99. The van der Waals surface area contributed by atoms with Crippen LogP contribution in [0.15, 0.2) is 44.7 Å². The van der Waals surface area contributed by atoms with Crippen molar-refractivity contribution in [1.29, 1.82) is 0 Å². The summed E-state index contributed by atoms with van der Waals surface area (Å²) in [6, 6.07) is 10.2. The van der Waals surface area contributed by atoms with Gasteiger partial charge in [0, 0.05) is 29.5 Å². The minimum atomic E-state index is -0.0331. The van der Waals surface area contributed by atoms with Crippen LogP contribution in [0, 0.1) is 0 Å². The molecular weight excluding hydrogens is 466 g/mol. The first-order valence-corrected chi connectivity index (χ1v) is 10.4. The van der Waals surface area contributed by atoms with Crippen LogP contribution < -0.4 is 5.32 Å². The highest BCUT2D eigenvalue weighted by atomic mass is 79.9. The van der Waals surface area contributed by atoms with E-state index in [1.54, 1.807) is 11.3 Å². The fourth-order valence-electron chi connectivity index (χ4n) is 2.64. The van der Waals surface area contributed by atoms with Gasteiger partial charge in [0.25, 0.3) is 5.91 Å². The molecule has 3 rings (SSSR count). The molecule has 0 spiro atoms. The third kappa shape index (κ3) is 4.34. The number of nitrogens with zero attached hydrogens (tertiary/aromatic N) is 2. The van der Waals surface area contributed by atoms with Crippen molar-refractivity contribution in [2.45, 2.75) is 6.54 Å². The highest BCUT2D eigenvalue weighted by Gasteiger charge is 2.18. The Bertz CT molecular complexity index is 884. The number of rotatable bonds is 6. The van der Waals surface area contributed by atoms with E-state index in [-0.39, 0.29) is 5.91 Å². The van der Waals surface area contributed by atoms with Crippen molar-refractivity contribution in [1.82, 2.24) is 14.8 Å². The zero-order valence-electron chi connectivity index (χ0n) is 14.1. The number of benzene rings is 1. The van der Waals surface area contributed by atoms with Gasteiger partial charge in [0.15, 0.2) is 0 Å². The molecule has 0 saturated heterocycles. The van der Waals surface area contributed by atoms with Crippen LogP contribution in [-0.2, 0) is 6.54 Å². The number of carbonyl (C=O) groups excluding carboxylic acids is 1. The minimum absolute atomic E-state index is 0.0331. The van der Waals surface area contributed by atoms with Crippen LogP contribution in [0.2, 0.25) is 0 Å². The molecule has 0 bridgehead atoms. The van der Waals surface area contributed by atoms with E-state index in [1.165, 1.54) is 0 Å². The highest BCUT2D eigenvalue weighted by Crippen LogP contribution is 2.33. The largest absolute Gasteiger partial charge is 0.349 e. The van der Waals surface area contributed by atoms with Gasteiger partial charge >= 0.3 is 0 Å². The zero-order valence-corrected chi connectivity index (χ0v) is 18.0. The molecule has 7 heteroatoms. The second-order valence-electron chi connectivity index (χ2n) is 6.10. The molecule has 0 fully saturated rings. The van der Waals surface area contributed by atoms with Crippen molar-refractivity contribution in [3.63, 3.8) is 0 Å². The van der Waals surface area contributed by atoms with Gasteiger partial charge in [-0.25, -0.2) is 0 Å². The molecule has 0 aliphatic carbocycles. The van der Waals surface area contributed by atoms with Gasteiger partial charge in [-0.05, 0) is 53.8 Å². The van der Waals surface area contributed by atoms with Crippen LogP contribution in [0.4, 0.5) is 0 Å². The molecule has 0 atom stereocenters. The van der Waals surface area contributed by atoms with Gasteiger partial charge in [0.2, 0.25) is 0 Å². The number of likely N-dealkylation sites (N-methyl/N-ethyl adjacent to an activating group) is 1. The maximum atomic E-state index is 12.7. The second kappa shape index (κ2) is 8.03. The maximum absolute atomic E-state index is 12.7. The highest BCUT2D eigenvalue weighted by molar-refractivity contribution is 9.11. The molecule has 0 radical (unpaired) electrons. The number of amides is 1. The quantitative estimate of drug-likeness (QED) is 0.556. The molecule has 1 amide bonds. The van der Waals surface area contributed by atoms with Gasteiger partial charge in [-0.1, -0.05) is 28.1 Å². The predicted molar refractivity (Wildman–Crippen MR) is 112 cm³/mol. The first kappa shape index (κ1) is 18.6. The molecule has 1 N–H and O–H groups in total. The molecule has 132 valence electrons. The second-order valence-corrected chi connectivity index (χ2v) is 8.78. The number of halogens is 2.